The molecule has 0 amide bonds. The fraction of sp³-hybridized carbons (Fsp3) is 0.400. The number of aliphatic hydroxyl groups is 1. The summed E-state index contributed by atoms with van der Waals surface area (Å²) in [6, 6.07) is 5.48. The first-order chi connectivity index (χ1) is 6.18. The van der Waals surface area contributed by atoms with Crippen LogP contribution < -0.4 is 5.73 Å². The molecule has 1 aliphatic rings. The SMILES string of the molecule is N[C@@H]1CCc2ccc(Cl)cc2[C@@H]1O. The molecular weight excluding hydrogens is 186 g/mol. The molecule has 0 unspecified atom stereocenters. The van der Waals surface area contributed by atoms with E-state index >= 15 is 0 Å². The third kappa shape index (κ3) is 1.57. The fourth-order valence-electron chi connectivity index (χ4n) is 1.78. The molecule has 0 aromatic heterocycles. The van der Waals surface area contributed by atoms with Gasteiger partial charge in [0.05, 0.1) is 6.10 Å². The van der Waals surface area contributed by atoms with Crippen molar-refractivity contribution in [2.45, 2.75) is 25.0 Å². The standard InChI is InChI=1S/C10H12ClNO/c11-7-3-1-6-2-4-9(12)10(13)8(6)5-7/h1,3,5,9-10,13H,2,4,12H2/t9-,10+/m1/s1. The lowest BCUT2D eigenvalue weighted by Crippen LogP contribution is -2.32. The number of benzene rings is 1. The zero-order chi connectivity index (χ0) is 9.42. The minimum Gasteiger partial charge on any atom is -0.387 e. The zero-order valence-electron chi connectivity index (χ0n) is 7.20. The number of hydrogen-bond acceptors (Lipinski definition) is 2. The summed E-state index contributed by atoms with van der Waals surface area (Å²) in [6.07, 6.45) is 1.23. The molecule has 1 aromatic rings. The molecule has 0 spiro atoms. The first-order valence-corrected chi connectivity index (χ1v) is 4.78. The van der Waals surface area contributed by atoms with Gasteiger partial charge in [0.1, 0.15) is 0 Å². The Balaban J connectivity index is 2.45. The van der Waals surface area contributed by atoms with Crippen molar-refractivity contribution in [2.75, 3.05) is 0 Å². The van der Waals surface area contributed by atoms with Crippen LogP contribution in [0.1, 0.15) is 23.7 Å². The van der Waals surface area contributed by atoms with Gasteiger partial charge < -0.3 is 10.8 Å². The van der Waals surface area contributed by atoms with Crippen LogP contribution in [0.4, 0.5) is 0 Å². The highest BCUT2D eigenvalue weighted by atomic mass is 35.5. The van der Waals surface area contributed by atoms with Gasteiger partial charge in [-0.2, -0.15) is 0 Å². The lowest BCUT2D eigenvalue weighted by atomic mass is 9.86. The van der Waals surface area contributed by atoms with Crippen molar-refractivity contribution in [3.63, 3.8) is 0 Å². The molecule has 2 nitrogen and oxygen atoms in total. The molecule has 3 N–H and O–H groups in total. The molecule has 0 bridgehead atoms. The summed E-state index contributed by atoms with van der Waals surface area (Å²) >= 11 is 5.84. The Hall–Kier alpha value is -0.570. The molecule has 70 valence electrons. The number of halogens is 1. The molecule has 0 fully saturated rings. The Labute approximate surface area is 82.3 Å². The number of aliphatic hydroxyl groups excluding tert-OH is 1. The molecular formula is C10H12ClNO. The van der Waals surface area contributed by atoms with Crippen LogP contribution in [-0.4, -0.2) is 11.1 Å². The van der Waals surface area contributed by atoms with Crippen LogP contribution in [0.2, 0.25) is 5.02 Å². The van der Waals surface area contributed by atoms with E-state index in [2.05, 4.69) is 0 Å². The second-order valence-corrected chi connectivity index (χ2v) is 3.93. The normalized spacial score (nSPS) is 27.0. The predicted molar refractivity (Wildman–Crippen MR) is 52.7 cm³/mol. The average Bonchev–Trinajstić information content (AvgIpc) is 2.12. The number of aryl methyl sites for hydroxylation is 1. The first kappa shape index (κ1) is 9.00. The molecule has 2 rings (SSSR count). The largest absolute Gasteiger partial charge is 0.387 e. The van der Waals surface area contributed by atoms with E-state index < -0.39 is 6.10 Å². The molecule has 1 aromatic carbocycles. The molecule has 0 heterocycles. The Kier molecular flexibility index (Phi) is 2.28. The summed E-state index contributed by atoms with van der Waals surface area (Å²) in [5.74, 6) is 0. The molecule has 0 saturated heterocycles. The number of rotatable bonds is 0. The predicted octanol–water partition coefficient (Wildman–Crippen LogP) is 1.65. The van der Waals surface area contributed by atoms with E-state index in [0.717, 1.165) is 18.4 Å². The average molecular weight is 198 g/mol. The van der Waals surface area contributed by atoms with Gasteiger partial charge >= 0.3 is 0 Å². The number of nitrogens with two attached hydrogens (primary N) is 1. The summed E-state index contributed by atoms with van der Waals surface area (Å²) in [7, 11) is 0. The van der Waals surface area contributed by atoms with Crippen LogP contribution in [0.15, 0.2) is 18.2 Å². The Morgan fingerprint density at radius 1 is 1.46 bits per heavy atom. The van der Waals surface area contributed by atoms with Crippen LogP contribution in [0.5, 0.6) is 0 Å². The maximum absolute atomic E-state index is 9.77. The van der Waals surface area contributed by atoms with Crippen molar-refractivity contribution < 1.29 is 5.11 Å². The Morgan fingerprint density at radius 2 is 2.23 bits per heavy atom. The summed E-state index contributed by atoms with van der Waals surface area (Å²) in [6.45, 7) is 0. The Bertz CT molecular complexity index is 327. The molecule has 13 heavy (non-hydrogen) atoms. The molecule has 0 aliphatic heterocycles. The van der Waals surface area contributed by atoms with E-state index in [1.54, 1.807) is 6.07 Å². The molecule has 3 heteroatoms. The molecule has 0 saturated carbocycles. The minimum atomic E-state index is -0.553. The quantitative estimate of drug-likeness (QED) is 0.665. The highest BCUT2D eigenvalue weighted by Crippen LogP contribution is 2.30. The van der Waals surface area contributed by atoms with Crippen LogP contribution >= 0.6 is 11.6 Å². The lowest BCUT2D eigenvalue weighted by Gasteiger charge is -2.27. The molecule has 2 atom stereocenters. The monoisotopic (exact) mass is 197 g/mol. The molecule has 1 aliphatic carbocycles. The van der Waals surface area contributed by atoms with E-state index in [1.165, 1.54) is 5.56 Å². The van der Waals surface area contributed by atoms with Gasteiger partial charge in [-0.15, -0.1) is 0 Å². The second kappa shape index (κ2) is 3.29. The maximum Gasteiger partial charge on any atom is 0.0944 e. The van der Waals surface area contributed by atoms with E-state index in [1.807, 2.05) is 12.1 Å². The van der Waals surface area contributed by atoms with Gasteiger partial charge in [-0.1, -0.05) is 17.7 Å². The fourth-order valence-corrected chi connectivity index (χ4v) is 1.96. The van der Waals surface area contributed by atoms with E-state index in [-0.39, 0.29) is 6.04 Å². The lowest BCUT2D eigenvalue weighted by molar-refractivity contribution is 0.134. The van der Waals surface area contributed by atoms with Gasteiger partial charge in [0, 0.05) is 11.1 Å². The molecule has 0 radical (unpaired) electrons. The van der Waals surface area contributed by atoms with Crippen molar-refractivity contribution in [1.29, 1.82) is 0 Å². The van der Waals surface area contributed by atoms with Crippen LogP contribution in [0.3, 0.4) is 0 Å². The van der Waals surface area contributed by atoms with Crippen LogP contribution in [0.25, 0.3) is 0 Å². The van der Waals surface area contributed by atoms with Gasteiger partial charge in [0.2, 0.25) is 0 Å². The smallest absolute Gasteiger partial charge is 0.0944 e. The zero-order valence-corrected chi connectivity index (χ0v) is 7.96. The third-order valence-corrected chi connectivity index (χ3v) is 2.81. The summed E-state index contributed by atoms with van der Waals surface area (Å²) in [5, 5.41) is 10.4. The summed E-state index contributed by atoms with van der Waals surface area (Å²) < 4.78 is 0. The van der Waals surface area contributed by atoms with Gasteiger partial charge in [-0.05, 0) is 36.1 Å². The van der Waals surface area contributed by atoms with Crippen molar-refractivity contribution in [3.05, 3.63) is 34.3 Å². The van der Waals surface area contributed by atoms with Gasteiger partial charge in [0.25, 0.3) is 0 Å². The second-order valence-electron chi connectivity index (χ2n) is 3.49. The number of fused-ring (bicyclic) bond motifs is 1. The Morgan fingerprint density at radius 3 is 3.00 bits per heavy atom. The van der Waals surface area contributed by atoms with Gasteiger partial charge in [0.15, 0.2) is 0 Å². The summed E-state index contributed by atoms with van der Waals surface area (Å²) in [5.41, 5.74) is 7.81. The van der Waals surface area contributed by atoms with Crippen LogP contribution in [0, 0.1) is 0 Å². The first-order valence-electron chi connectivity index (χ1n) is 4.40. The van der Waals surface area contributed by atoms with Gasteiger partial charge in [-0.3, -0.25) is 0 Å². The van der Waals surface area contributed by atoms with Crippen molar-refractivity contribution in [3.8, 4) is 0 Å². The topological polar surface area (TPSA) is 46.2 Å². The van der Waals surface area contributed by atoms with Crippen molar-refractivity contribution in [2.24, 2.45) is 5.73 Å². The maximum atomic E-state index is 9.77. The minimum absolute atomic E-state index is 0.147. The van der Waals surface area contributed by atoms with E-state index in [9.17, 15) is 5.11 Å². The highest BCUT2D eigenvalue weighted by molar-refractivity contribution is 6.30. The van der Waals surface area contributed by atoms with E-state index in [0.29, 0.717) is 5.02 Å². The van der Waals surface area contributed by atoms with Crippen LogP contribution in [-0.2, 0) is 6.42 Å². The number of hydrogen-bond donors (Lipinski definition) is 2. The van der Waals surface area contributed by atoms with Gasteiger partial charge in [-0.25, -0.2) is 0 Å². The van der Waals surface area contributed by atoms with E-state index in [4.69, 9.17) is 17.3 Å². The van der Waals surface area contributed by atoms with Crippen molar-refractivity contribution in [1.82, 2.24) is 0 Å². The highest BCUT2D eigenvalue weighted by Gasteiger charge is 2.24. The van der Waals surface area contributed by atoms with Crippen molar-refractivity contribution >= 4 is 11.6 Å². The summed E-state index contributed by atoms with van der Waals surface area (Å²) in [4.78, 5) is 0. The third-order valence-electron chi connectivity index (χ3n) is 2.58.